The molecule has 0 aliphatic rings. The van der Waals surface area contributed by atoms with E-state index in [0.717, 1.165) is 24.8 Å². The maximum Gasteiger partial charge on any atom is 0.238 e. The van der Waals surface area contributed by atoms with Gasteiger partial charge in [-0.15, -0.1) is 0 Å². The van der Waals surface area contributed by atoms with Crippen molar-refractivity contribution in [2.75, 3.05) is 11.9 Å². The van der Waals surface area contributed by atoms with E-state index < -0.39 is 15.8 Å². The van der Waals surface area contributed by atoms with Crippen molar-refractivity contribution in [3.05, 3.63) is 24.0 Å². The number of primary sulfonamides is 1. The molecule has 0 spiro atoms. The van der Waals surface area contributed by atoms with Gasteiger partial charge in [0.2, 0.25) is 10.0 Å². The van der Waals surface area contributed by atoms with Gasteiger partial charge in [-0.3, -0.25) is 0 Å². The van der Waals surface area contributed by atoms with Crippen molar-refractivity contribution in [1.82, 2.24) is 0 Å². The van der Waals surface area contributed by atoms with E-state index in [4.69, 9.17) is 5.14 Å². The first-order valence-electron chi connectivity index (χ1n) is 7.37. The Morgan fingerprint density at radius 1 is 1.19 bits per heavy atom. The Kier molecular flexibility index (Phi) is 7.11. The second kappa shape index (κ2) is 8.34. The fourth-order valence-electron chi connectivity index (χ4n) is 2.07. The molecule has 0 saturated heterocycles. The Balaban J connectivity index is 2.33. The first-order chi connectivity index (χ1) is 9.80. The van der Waals surface area contributed by atoms with E-state index in [2.05, 4.69) is 19.2 Å². The summed E-state index contributed by atoms with van der Waals surface area (Å²) in [6.07, 6.45) is 5.74. The fraction of sp³-hybridized carbons (Fsp3) is 0.600. The van der Waals surface area contributed by atoms with Crippen LogP contribution in [-0.4, -0.2) is 15.0 Å². The van der Waals surface area contributed by atoms with Crippen LogP contribution in [0.1, 0.15) is 46.0 Å². The molecule has 0 amide bonds. The van der Waals surface area contributed by atoms with Gasteiger partial charge in [-0.05, 0) is 30.5 Å². The first-order valence-corrected chi connectivity index (χ1v) is 8.91. The Morgan fingerprint density at radius 3 is 2.43 bits per heavy atom. The summed E-state index contributed by atoms with van der Waals surface area (Å²) in [5, 5.41) is 7.93. The van der Waals surface area contributed by atoms with Gasteiger partial charge in [0, 0.05) is 6.54 Å². The van der Waals surface area contributed by atoms with Gasteiger partial charge in [0.1, 0.15) is 5.82 Å². The van der Waals surface area contributed by atoms with Gasteiger partial charge in [0.25, 0.3) is 0 Å². The second-order valence-electron chi connectivity index (χ2n) is 5.71. The van der Waals surface area contributed by atoms with Crippen LogP contribution in [-0.2, 0) is 10.0 Å². The zero-order chi connectivity index (χ0) is 15.9. The number of halogens is 1. The maximum atomic E-state index is 13.7. The van der Waals surface area contributed by atoms with Gasteiger partial charge >= 0.3 is 0 Å². The summed E-state index contributed by atoms with van der Waals surface area (Å²) in [6.45, 7) is 5.11. The zero-order valence-corrected chi connectivity index (χ0v) is 13.5. The van der Waals surface area contributed by atoms with Crippen LogP contribution in [0.4, 0.5) is 10.1 Å². The molecule has 0 fully saturated rings. The van der Waals surface area contributed by atoms with Crippen LogP contribution in [0.3, 0.4) is 0 Å². The second-order valence-corrected chi connectivity index (χ2v) is 7.27. The summed E-state index contributed by atoms with van der Waals surface area (Å²) in [4.78, 5) is -0.209. The normalized spacial score (nSPS) is 11.9. The number of sulfonamides is 1. The summed E-state index contributed by atoms with van der Waals surface area (Å²) in [5.74, 6) is 0.149. The third-order valence-corrected chi connectivity index (χ3v) is 4.20. The topological polar surface area (TPSA) is 72.2 Å². The minimum absolute atomic E-state index is 0.209. The number of hydrogen-bond donors (Lipinski definition) is 2. The Labute approximate surface area is 127 Å². The van der Waals surface area contributed by atoms with E-state index in [1.807, 2.05) is 0 Å². The predicted octanol–water partition coefficient (Wildman–Crippen LogP) is 3.49. The lowest BCUT2D eigenvalue weighted by atomic mass is 10.0. The molecule has 0 aliphatic heterocycles. The van der Waals surface area contributed by atoms with Gasteiger partial charge in [-0.25, -0.2) is 17.9 Å². The van der Waals surface area contributed by atoms with Crippen LogP contribution in [0.25, 0.3) is 0 Å². The highest BCUT2D eigenvalue weighted by atomic mass is 32.2. The van der Waals surface area contributed by atoms with Crippen LogP contribution in [0.5, 0.6) is 0 Å². The molecule has 0 bridgehead atoms. The number of rotatable bonds is 9. The van der Waals surface area contributed by atoms with Crippen LogP contribution >= 0.6 is 0 Å². The van der Waals surface area contributed by atoms with Gasteiger partial charge < -0.3 is 5.32 Å². The highest BCUT2D eigenvalue weighted by molar-refractivity contribution is 7.89. The molecule has 0 saturated carbocycles. The molecule has 3 N–H and O–H groups in total. The van der Waals surface area contributed by atoms with E-state index in [1.165, 1.54) is 31.4 Å². The SMILES string of the molecule is CC(C)CCCCCCNc1ccc(S(N)(=O)=O)cc1F. The Bertz CT molecular complexity index is 545. The van der Waals surface area contributed by atoms with E-state index in [-0.39, 0.29) is 4.90 Å². The molecule has 21 heavy (non-hydrogen) atoms. The molecule has 1 rings (SSSR count). The van der Waals surface area contributed by atoms with Crippen molar-refractivity contribution in [1.29, 1.82) is 0 Å². The summed E-state index contributed by atoms with van der Waals surface area (Å²) in [6, 6.07) is 3.66. The number of unbranched alkanes of at least 4 members (excludes halogenated alkanes) is 3. The monoisotopic (exact) mass is 316 g/mol. The van der Waals surface area contributed by atoms with Crippen LogP contribution < -0.4 is 10.5 Å². The number of nitrogens with two attached hydrogens (primary N) is 1. The van der Waals surface area contributed by atoms with Gasteiger partial charge in [0.15, 0.2) is 0 Å². The molecule has 0 heterocycles. The summed E-state index contributed by atoms with van der Waals surface area (Å²) < 4.78 is 35.9. The van der Waals surface area contributed by atoms with Gasteiger partial charge in [-0.2, -0.15) is 0 Å². The Hall–Kier alpha value is -1.14. The first kappa shape index (κ1) is 17.9. The van der Waals surface area contributed by atoms with Crippen molar-refractivity contribution in [3.63, 3.8) is 0 Å². The van der Waals surface area contributed by atoms with Crippen molar-refractivity contribution in [2.45, 2.75) is 50.8 Å². The predicted molar refractivity (Wildman–Crippen MR) is 84.2 cm³/mol. The molecule has 0 aliphatic carbocycles. The summed E-state index contributed by atoms with van der Waals surface area (Å²) in [5.41, 5.74) is 0.310. The summed E-state index contributed by atoms with van der Waals surface area (Å²) >= 11 is 0. The van der Waals surface area contributed by atoms with E-state index in [1.54, 1.807) is 0 Å². The van der Waals surface area contributed by atoms with Gasteiger partial charge in [0.05, 0.1) is 10.6 Å². The highest BCUT2D eigenvalue weighted by Gasteiger charge is 2.11. The molecule has 0 aromatic heterocycles. The molecule has 0 unspecified atom stereocenters. The van der Waals surface area contributed by atoms with Crippen molar-refractivity contribution in [2.24, 2.45) is 11.1 Å². The molecule has 1 aromatic rings. The average Bonchev–Trinajstić information content (AvgIpc) is 2.37. The van der Waals surface area contributed by atoms with Crippen molar-refractivity contribution in [3.8, 4) is 0 Å². The van der Waals surface area contributed by atoms with E-state index in [0.29, 0.717) is 12.2 Å². The highest BCUT2D eigenvalue weighted by Crippen LogP contribution is 2.18. The van der Waals surface area contributed by atoms with Gasteiger partial charge in [-0.1, -0.05) is 39.5 Å². The average molecular weight is 316 g/mol. The lowest BCUT2D eigenvalue weighted by molar-refractivity contribution is 0.522. The summed E-state index contributed by atoms with van der Waals surface area (Å²) in [7, 11) is -3.85. The van der Waals surface area contributed by atoms with E-state index >= 15 is 0 Å². The van der Waals surface area contributed by atoms with Crippen LogP contribution in [0, 0.1) is 11.7 Å². The quantitative estimate of drug-likeness (QED) is 0.685. The fourth-order valence-corrected chi connectivity index (χ4v) is 2.60. The number of nitrogens with one attached hydrogen (secondary N) is 1. The molecule has 120 valence electrons. The molecular formula is C15H25FN2O2S. The van der Waals surface area contributed by atoms with Crippen molar-refractivity contribution < 1.29 is 12.8 Å². The number of hydrogen-bond acceptors (Lipinski definition) is 3. The third-order valence-electron chi connectivity index (χ3n) is 3.29. The minimum atomic E-state index is -3.85. The molecular weight excluding hydrogens is 291 g/mol. The number of anilines is 1. The minimum Gasteiger partial charge on any atom is -0.383 e. The maximum absolute atomic E-state index is 13.7. The lowest BCUT2D eigenvalue weighted by Crippen LogP contribution is -2.13. The Morgan fingerprint density at radius 2 is 1.86 bits per heavy atom. The van der Waals surface area contributed by atoms with E-state index in [9.17, 15) is 12.8 Å². The molecule has 6 heteroatoms. The number of benzene rings is 1. The van der Waals surface area contributed by atoms with Crippen LogP contribution in [0.15, 0.2) is 23.1 Å². The van der Waals surface area contributed by atoms with Crippen LogP contribution in [0.2, 0.25) is 0 Å². The molecule has 0 radical (unpaired) electrons. The smallest absolute Gasteiger partial charge is 0.238 e. The van der Waals surface area contributed by atoms with Crippen molar-refractivity contribution >= 4 is 15.7 Å². The standard InChI is InChI=1S/C15H25FN2O2S/c1-12(2)7-5-3-4-6-10-18-15-9-8-13(11-14(15)16)21(17,19)20/h8-9,11-12,18H,3-7,10H2,1-2H3,(H2,17,19,20). The largest absolute Gasteiger partial charge is 0.383 e. The molecule has 0 atom stereocenters. The third kappa shape index (κ3) is 6.91. The lowest BCUT2D eigenvalue weighted by Gasteiger charge is -2.09. The zero-order valence-electron chi connectivity index (χ0n) is 12.7. The molecule has 4 nitrogen and oxygen atoms in total. The molecule has 1 aromatic carbocycles.